The Labute approximate surface area is 127 Å². The zero-order valence-corrected chi connectivity index (χ0v) is 13.3. The Morgan fingerprint density at radius 1 is 1.38 bits per heavy atom. The Balaban J connectivity index is 1.69. The highest BCUT2D eigenvalue weighted by molar-refractivity contribution is 5.76. The molecule has 1 N–H and O–H groups in total. The molecular weight excluding hydrogens is 264 g/mol. The predicted molar refractivity (Wildman–Crippen MR) is 84.0 cm³/mol. The van der Waals surface area contributed by atoms with Crippen LogP contribution >= 0.6 is 0 Å². The van der Waals surface area contributed by atoms with E-state index in [0.717, 1.165) is 31.9 Å². The van der Waals surface area contributed by atoms with E-state index >= 15 is 0 Å². The lowest BCUT2D eigenvalue weighted by Gasteiger charge is -2.40. The van der Waals surface area contributed by atoms with Gasteiger partial charge in [-0.2, -0.15) is 0 Å². The zero-order valence-electron chi connectivity index (χ0n) is 13.3. The van der Waals surface area contributed by atoms with Crippen molar-refractivity contribution in [3.8, 4) is 0 Å². The van der Waals surface area contributed by atoms with E-state index in [1.54, 1.807) is 0 Å². The van der Waals surface area contributed by atoms with Gasteiger partial charge in [0, 0.05) is 24.9 Å². The van der Waals surface area contributed by atoms with Gasteiger partial charge in [0.2, 0.25) is 5.91 Å². The summed E-state index contributed by atoms with van der Waals surface area (Å²) in [5.41, 5.74) is 1.40. The van der Waals surface area contributed by atoms with Crippen molar-refractivity contribution < 1.29 is 9.53 Å². The van der Waals surface area contributed by atoms with Crippen molar-refractivity contribution in [2.75, 3.05) is 33.4 Å². The number of hydrogen-bond acceptors (Lipinski definition) is 3. The number of hydrogen-bond donors (Lipinski definition) is 1. The highest BCUT2D eigenvalue weighted by Crippen LogP contribution is 2.27. The summed E-state index contributed by atoms with van der Waals surface area (Å²) in [5.74, 6) is 0.105. The maximum absolute atomic E-state index is 12.0. The number of nitrogens with one attached hydrogen (secondary N) is 1. The van der Waals surface area contributed by atoms with Crippen LogP contribution in [-0.2, 0) is 9.53 Å². The lowest BCUT2D eigenvalue weighted by Crippen LogP contribution is -2.48. The van der Waals surface area contributed by atoms with Crippen molar-refractivity contribution >= 4 is 5.91 Å². The van der Waals surface area contributed by atoms with Crippen molar-refractivity contribution in [3.05, 3.63) is 35.9 Å². The van der Waals surface area contributed by atoms with Gasteiger partial charge < -0.3 is 15.0 Å². The molecule has 1 heterocycles. The molecule has 0 spiro atoms. The minimum absolute atomic E-state index is 0.0570. The highest BCUT2D eigenvalue weighted by atomic mass is 16.5. The van der Waals surface area contributed by atoms with Crippen molar-refractivity contribution in [2.24, 2.45) is 5.41 Å². The van der Waals surface area contributed by atoms with Gasteiger partial charge >= 0.3 is 0 Å². The summed E-state index contributed by atoms with van der Waals surface area (Å²) in [7, 11) is 2.07. The van der Waals surface area contributed by atoms with Crippen LogP contribution in [0.5, 0.6) is 0 Å². The maximum atomic E-state index is 12.0. The van der Waals surface area contributed by atoms with Gasteiger partial charge in [0.05, 0.1) is 19.3 Å². The van der Waals surface area contributed by atoms with Crippen LogP contribution < -0.4 is 5.32 Å². The van der Waals surface area contributed by atoms with Crippen LogP contribution in [0, 0.1) is 5.41 Å². The molecule has 4 nitrogen and oxygen atoms in total. The number of nitrogens with zero attached hydrogens (tertiary/aromatic N) is 1. The average Bonchev–Trinajstić information content (AvgIpc) is 2.44. The normalized spacial score (nSPS) is 18.1. The topological polar surface area (TPSA) is 41.6 Å². The molecule has 1 aliphatic rings. The molecule has 4 heteroatoms. The molecule has 1 atom stereocenters. The standard InChI is InChI=1S/C17H26N2O2/c1-14(15-7-5-4-6-8-15)18-16(20)9-10-19(3)11-17(2)12-21-13-17/h4-8,14H,9-13H2,1-3H3,(H,18,20)/t14-/m0/s1. The van der Waals surface area contributed by atoms with Gasteiger partial charge in [0.15, 0.2) is 0 Å². The number of carbonyl (C=O) groups is 1. The first-order valence-corrected chi connectivity index (χ1v) is 7.59. The van der Waals surface area contributed by atoms with Gasteiger partial charge in [0.25, 0.3) is 0 Å². The number of ether oxygens (including phenoxy) is 1. The molecule has 2 rings (SSSR count). The molecule has 1 aromatic rings. The molecule has 0 aromatic heterocycles. The van der Waals surface area contributed by atoms with Gasteiger partial charge in [0.1, 0.15) is 0 Å². The van der Waals surface area contributed by atoms with Crippen LogP contribution in [0.3, 0.4) is 0 Å². The third-order valence-electron chi connectivity index (χ3n) is 3.95. The number of carbonyl (C=O) groups excluding carboxylic acids is 1. The van der Waals surface area contributed by atoms with Crippen molar-refractivity contribution in [1.82, 2.24) is 10.2 Å². The van der Waals surface area contributed by atoms with E-state index in [0.29, 0.717) is 6.42 Å². The van der Waals surface area contributed by atoms with E-state index in [4.69, 9.17) is 4.74 Å². The summed E-state index contributed by atoms with van der Waals surface area (Å²) in [6, 6.07) is 10.1. The number of amides is 1. The summed E-state index contributed by atoms with van der Waals surface area (Å²) >= 11 is 0. The molecule has 1 aliphatic heterocycles. The molecule has 116 valence electrons. The molecule has 0 bridgehead atoms. The number of rotatable bonds is 7. The van der Waals surface area contributed by atoms with Crippen molar-refractivity contribution in [1.29, 1.82) is 0 Å². The van der Waals surface area contributed by atoms with E-state index in [9.17, 15) is 4.79 Å². The lowest BCUT2D eigenvalue weighted by molar-refractivity contribution is -0.123. The second-order valence-electron chi connectivity index (χ2n) is 6.49. The van der Waals surface area contributed by atoms with Gasteiger partial charge in [-0.25, -0.2) is 0 Å². The largest absolute Gasteiger partial charge is 0.380 e. The van der Waals surface area contributed by atoms with Gasteiger partial charge in [-0.15, -0.1) is 0 Å². The van der Waals surface area contributed by atoms with Crippen molar-refractivity contribution in [2.45, 2.75) is 26.3 Å². The van der Waals surface area contributed by atoms with Crippen LogP contribution in [-0.4, -0.2) is 44.2 Å². The molecule has 0 aliphatic carbocycles. The fourth-order valence-electron chi connectivity index (χ4n) is 2.70. The first-order valence-electron chi connectivity index (χ1n) is 7.59. The zero-order chi connectivity index (χ0) is 15.3. The Hall–Kier alpha value is -1.39. The summed E-state index contributed by atoms with van der Waals surface area (Å²) in [5, 5.41) is 3.05. The fraction of sp³-hybridized carbons (Fsp3) is 0.588. The van der Waals surface area contributed by atoms with Gasteiger partial charge in [-0.1, -0.05) is 37.3 Å². The van der Waals surface area contributed by atoms with Crippen LogP contribution in [0.1, 0.15) is 31.9 Å². The molecule has 0 saturated carbocycles. The van der Waals surface area contributed by atoms with E-state index in [-0.39, 0.29) is 17.4 Å². The van der Waals surface area contributed by atoms with E-state index in [2.05, 4.69) is 24.2 Å². The summed E-state index contributed by atoms with van der Waals surface area (Å²) < 4.78 is 5.26. The highest BCUT2D eigenvalue weighted by Gasteiger charge is 2.34. The van der Waals surface area contributed by atoms with E-state index in [1.807, 2.05) is 37.3 Å². The summed E-state index contributed by atoms with van der Waals surface area (Å²) in [4.78, 5) is 14.2. The Morgan fingerprint density at radius 3 is 2.62 bits per heavy atom. The summed E-state index contributed by atoms with van der Waals surface area (Å²) in [6.07, 6.45) is 0.532. The van der Waals surface area contributed by atoms with E-state index in [1.165, 1.54) is 0 Å². The molecule has 1 fully saturated rings. The van der Waals surface area contributed by atoms with Crippen LogP contribution in [0.15, 0.2) is 30.3 Å². The molecule has 21 heavy (non-hydrogen) atoms. The molecular formula is C17H26N2O2. The molecule has 1 amide bonds. The Kier molecular flexibility index (Phi) is 5.37. The van der Waals surface area contributed by atoms with Crippen LogP contribution in [0.25, 0.3) is 0 Å². The monoisotopic (exact) mass is 290 g/mol. The predicted octanol–water partition coefficient (Wildman–Crippen LogP) is 2.22. The summed E-state index contributed by atoms with van der Waals surface area (Å²) in [6.45, 7) is 7.66. The Bertz CT molecular complexity index is 457. The second kappa shape index (κ2) is 7.05. The van der Waals surface area contributed by atoms with E-state index < -0.39 is 0 Å². The molecule has 0 radical (unpaired) electrons. The van der Waals surface area contributed by atoms with Gasteiger partial charge in [-0.05, 0) is 19.5 Å². The van der Waals surface area contributed by atoms with Crippen molar-refractivity contribution in [3.63, 3.8) is 0 Å². The first kappa shape index (κ1) is 16.0. The minimum Gasteiger partial charge on any atom is -0.380 e. The fourth-order valence-corrected chi connectivity index (χ4v) is 2.70. The average molecular weight is 290 g/mol. The third kappa shape index (κ3) is 4.83. The second-order valence-corrected chi connectivity index (χ2v) is 6.49. The van der Waals surface area contributed by atoms with Crippen LogP contribution in [0.2, 0.25) is 0 Å². The smallest absolute Gasteiger partial charge is 0.221 e. The molecule has 0 unspecified atom stereocenters. The molecule has 1 saturated heterocycles. The number of benzene rings is 1. The lowest BCUT2D eigenvalue weighted by atomic mass is 9.88. The van der Waals surface area contributed by atoms with Crippen LogP contribution in [0.4, 0.5) is 0 Å². The molecule has 1 aromatic carbocycles. The quantitative estimate of drug-likeness (QED) is 0.837. The SMILES string of the molecule is C[C@H](NC(=O)CCN(C)CC1(C)COC1)c1ccccc1. The minimum atomic E-state index is 0.0570. The maximum Gasteiger partial charge on any atom is 0.221 e. The third-order valence-corrected chi connectivity index (χ3v) is 3.95. The first-order chi connectivity index (χ1) is 9.98. The van der Waals surface area contributed by atoms with Gasteiger partial charge in [-0.3, -0.25) is 4.79 Å². The Morgan fingerprint density at radius 2 is 2.05 bits per heavy atom.